The van der Waals surface area contributed by atoms with Crippen LogP contribution in [0, 0.1) is 5.92 Å². The van der Waals surface area contributed by atoms with E-state index in [-0.39, 0.29) is 11.7 Å². The Hall–Kier alpha value is -1.45. The van der Waals surface area contributed by atoms with Gasteiger partial charge in [-0.25, -0.2) is 4.98 Å². The SMILES string of the molecule is COc1cncc(CC(=O)C2CC2)n1. The Morgan fingerprint density at radius 2 is 2.36 bits per heavy atom. The molecule has 14 heavy (non-hydrogen) atoms. The lowest BCUT2D eigenvalue weighted by molar-refractivity contribution is -0.119. The quantitative estimate of drug-likeness (QED) is 0.714. The van der Waals surface area contributed by atoms with Gasteiger partial charge in [0.1, 0.15) is 5.78 Å². The first-order valence-electron chi connectivity index (χ1n) is 4.67. The van der Waals surface area contributed by atoms with E-state index < -0.39 is 0 Å². The molecule has 1 aliphatic rings. The summed E-state index contributed by atoms with van der Waals surface area (Å²) in [5, 5.41) is 0. The highest BCUT2D eigenvalue weighted by atomic mass is 16.5. The van der Waals surface area contributed by atoms with Crippen molar-refractivity contribution in [3.8, 4) is 5.88 Å². The number of rotatable bonds is 4. The molecule has 4 nitrogen and oxygen atoms in total. The Kier molecular flexibility index (Phi) is 2.43. The van der Waals surface area contributed by atoms with Gasteiger partial charge in [-0.15, -0.1) is 0 Å². The summed E-state index contributed by atoms with van der Waals surface area (Å²) in [4.78, 5) is 19.6. The van der Waals surface area contributed by atoms with Gasteiger partial charge < -0.3 is 4.74 Å². The molecule has 4 heteroatoms. The number of methoxy groups -OCH3 is 1. The molecule has 0 spiro atoms. The predicted molar refractivity (Wildman–Crippen MR) is 50.0 cm³/mol. The number of hydrogen-bond donors (Lipinski definition) is 0. The lowest BCUT2D eigenvalue weighted by atomic mass is 10.1. The fraction of sp³-hybridized carbons (Fsp3) is 0.500. The van der Waals surface area contributed by atoms with E-state index >= 15 is 0 Å². The third-order valence-corrected chi connectivity index (χ3v) is 2.26. The van der Waals surface area contributed by atoms with Gasteiger partial charge in [-0.2, -0.15) is 0 Å². The second kappa shape index (κ2) is 3.74. The molecule has 1 fully saturated rings. The summed E-state index contributed by atoms with van der Waals surface area (Å²) in [5.41, 5.74) is 0.696. The maximum atomic E-state index is 11.5. The van der Waals surface area contributed by atoms with Crippen LogP contribution in [0.15, 0.2) is 12.4 Å². The van der Waals surface area contributed by atoms with Crippen molar-refractivity contribution < 1.29 is 9.53 Å². The Morgan fingerprint density at radius 1 is 1.57 bits per heavy atom. The standard InChI is InChI=1S/C10H12N2O2/c1-14-10-6-11-5-8(12-10)4-9(13)7-2-3-7/h5-7H,2-4H2,1H3. The van der Waals surface area contributed by atoms with E-state index in [9.17, 15) is 4.79 Å². The first-order chi connectivity index (χ1) is 6.79. The van der Waals surface area contributed by atoms with Crippen molar-refractivity contribution in [3.63, 3.8) is 0 Å². The van der Waals surface area contributed by atoms with Gasteiger partial charge in [-0.3, -0.25) is 9.78 Å². The minimum absolute atomic E-state index is 0.271. The number of ketones is 1. The first kappa shape index (κ1) is 9.12. The molecular formula is C10H12N2O2. The summed E-state index contributed by atoms with van der Waals surface area (Å²) >= 11 is 0. The fourth-order valence-electron chi connectivity index (χ4n) is 1.30. The molecule has 0 aliphatic heterocycles. The van der Waals surface area contributed by atoms with E-state index in [4.69, 9.17) is 4.74 Å². The molecule has 1 aromatic rings. The second-order valence-corrected chi connectivity index (χ2v) is 3.47. The summed E-state index contributed by atoms with van der Waals surface area (Å²) in [6.07, 6.45) is 5.61. The van der Waals surface area contributed by atoms with Crippen LogP contribution in [0.25, 0.3) is 0 Å². The third kappa shape index (κ3) is 2.07. The summed E-state index contributed by atoms with van der Waals surface area (Å²) < 4.78 is 4.93. The van der Waals surface area contributed by atoms with Crippen LogP contribution in [0.3, 0.4) is 0 Å². The molecule has 1 aliphatic carbocycles. The van der Waals surface area contributed by atoms with Crippen molar-refractivity contribution in [2.45, 2.75) is 19.3 Å². The van der Waals surface area contributed by atoms with Gasteiger partial charge in [-0.05, 0) is 12.8 Å². The van der Waals surface area contributed by atoms with Gasteiger partial charge in [-0.1, -0.05) is 0 Å². The van der Waals surface area contributed by atoms with Gasteiger partial charge in [0.05, 0.1) is 25.4 Å². The molecule has 74 valence electrons. The maximum Gasteiger partial charge on any atom is 0.232 e. The normalized spacial score (nSPS) is 15.2. The second-order valence-electron chi connectivity index (χ2n) is 3.47. The highest BCUT2D eigenvalue weighted by molar-refractivity contribution is 5.84. The molecule has 0 atom stereocenters. The van der Waals surface area contributed by atoms with Crippen molar-refractivity contribution in [1.82, 2.24) is 9.97 Å². The van der Waals surface area contributed by atoms with Crippen molar-refractivity contribution in [2.75, 3.05) is 7.11 Å². The first-order valence-corrected chi connectivity index (χ1v) is 4.67. The molecule has 2 rings (SSSR count). The summed E-state index contributed by atoms with van der Waals surface area (Å²) in [7, 11) is 1.54. The predicted octanol–water partition coefficient (Wildman–Crippen LogP) is 1.01. The van der Waals surface area contributed by atoms with E-state index in [2.05, 4.69) is 9.97 Å². The van der Waals surface area contributed by atoms with Gasteiger partial charge in [0, 0.05) is 12.1 Å². The number of carbonyl (C=O) groups is 1. The van der Waals surface area contributed by atoms with Crippen LogP contribution in [0.5, 0.6) is 5.88 Å². The molecule has 0 aromatic carbocycles. The molecule has 0 radical (unpaired) electrons. The third-order valence-electron chi connectivity index (χ3n) is 2.26. The summed E-state index contributed by atoms with van der Waals surface area (Å²) in [6.45, 7) is 0. The van der Waals surface area contributed by atoms with Crippen molar-refractivity contribution >= 4 is 5.78 Å². The lowest BCUT2D eigenvalue weighted by Gasteiger charge is -2.01. The highest BCUT2D eigenvalue weighted by Gasteiger charge is 2.29. The molecule has 0 unspecified atom stereocenters. The minimum atomic E-state index is 0.271. The zero-order valence-corrected chi connectivity index (χ0v) is 8.06. The molecule has 1 aromatic heterocycles. The summed E-state index contributed by atoms with van der Waals surface area (Å²) in [6, 6.07) is 0. The largest absolute Gasteiger partial charge is 0.480 e. The smallest absolute Gasteiger partial charge is 0.232 e. The fourth-order valence-corrected chi connectivity index (χ4v) is 1.30. The zero-order valence-electron chi connectivity index (χ0n) is 8.06. The van der Waals surface area contributed by atoms with Crippen LogP contribution in [0.2, 0.25) is 0 Å². The van der Waals surface area contributed by atoms with Crippen LogP contribution in [0.1, 0.15) is 18.5 Å². The van der Waals surface area contributed by atoms with Crippen molar-refractivity contribution in [2.24, 2.45) is 5.92 Å². The molecule has 0 bridgehead atoms. The summed E-state index contributed by atoms with van der Waals surface area (Å²) in [5.74, 6) is 1.02. The molecule has 1 saturated carbocycles. The van der Waals surface area contributed by atoms with E-state index in [1.165, 1.54) is 13.3 Å². The number of aromatic nitrogens is 2. The van der Waals surface area contributed by atoms with Crippen molar-refractivity contribution in [3.05, 3.63) is 18.1 Å². The maximum absolute atomic E-state index is 11.5. The van der Waals surface area contributed by atoms with E-state index in [1.807, 2.05) is 0 Å². The van der Waals surface area contributed by atoms with Gasteiger partial charge in [0.15, 0.2) is 0 Å². The monoisotopic (exact) mass is 192 g/mol. The Balaban J connectivity index is 2.04. The molecule has 1 heterocycles. The van der Waals surface area contributed by atoms with Gasteiger partial charge >= 0.3 is 0 Å². The topological polar surface area (TPSA) is 52.1 Å². The average molecular weight is 192 g/mol. The molecule has 0 saturated heterocycles. The molecule has 0 N–H and O–H groups in total. The zero-order chi connectivity index (χ0) is 9.97. The van der Waals surface area contributed by atoms with Crippen LogP contribution in [0.4, 0.5) is 0 Å². The van der Waals surface area contributed by atoms with E-state index in [1.54, 1.807) is 6.20 Å². The number of carbonyl (C=O) groups excluding carboxylic acids is 1. The van der Waals surface area contributed by atoms with E-state index in [0.29, 0.717) is 18.0 Å². The Morgan fingerprint density at radius 3 is 3.00 bits per heavy atom. The van der Waals surface area contributed by atoms with Crippen LogP contribution in [-0.4, -0.2) is 22.9 Å². The molecule has 0 amide bonds. The van der Waals surface area contributed by atoms with Crippen molar-refractivity contribution in [1.29, 1.82) is 0 Å². The lowest BCUT2D eigenvalue weighted by Crippen LogP contribution is -2.07. The van der Waals surface area contributed by atoms with Gasteiger partial charge in [0.2, 0.25) is 5.88 Å². The Bertz CT molecular complexity index is 348. The van der Waals surface area contributed by atoms with Crippen LogP contribution in [-0.2, 0) is 11.2 Å². The minimum Gasteiger partial charge on any atom is -0.480 e. The van der Waals surface area contributed by atoms with Crippen LogP contribution >= 0.6 is 0 Å². The number of ether oxygens (including phenoxy) is 1. The number of hydrogen-bond acceptors (Lipinski definition) is 4. The number of nitrogens with zero attached hydrogens (tertiary/aromatic N) is 2. The van der Waals surface area contributed by atoms with Gasteiger partial charge in [0.25, 0.3) is 0 Å². The average Bonchev–Trinajstić information content (AvgIpc) is 3.01. The van der Waals surface area contributed by atoms with Crippen LogP contribution < -0.4 is 4.74 Å². The Labute approximate surface area is 82.3 Å². The number of Topliss-reactive ketones (excluding diaryl/α,β-unsaturated/α-hetero) is 1. The van der Waals surface area contributed by atoms with E-state index in [0.717, 1.165) is 12.8 Å². The molecular weight excluding hydrogens is 180 g/mol. The highest BCUT2D eigenvalue weighted by Crippen LogP contribution is 2.30.